The molecule has 0 radical (unpaired) electrons. The first-order valence-electron chi connectivity index (χ1n) is 6.10. The van der Waals surface area contributed by atoms with Crippen molar-refractivity contribution in [3.8, 4) is 0 Å². The van der Waals surface area contributed by atoms with Crippen LogP contribution >= 0.6 is 0 Å². The van der Waals surface area contributed by atoms with Gasteiger partial charge in [0.25, 0.3) is 0 Å². The molecule has 0 saturated carbocycles. The van der Waals surface area contributed by atoms with E-state index in [1.807, 2.05) is 31.2 Å². The minimum atomic E-state index is -0.567. The summed E-state index contributed by atoms with van der Waals surface area (Å²) in [6.45, 7) is 6.96. The molecule has 1 aromatic carbocycles. The summed E-state index contributed by atoms with van der Waals surface area (Å²) in [5.41, 5.74) is 7.92. The molecule has 0 aliphatic rings. The Labute approximate surface area is 103 Å². The minimum absolute atomic E-state index is 0.102. The summed E-state index contributed by atoms with van der Waals surface area (Å²) in [6.07, 6.45) is 0.979. The van der Waals surface area contributed by atoms with E-state index in [-0.39, 0.29) is 5.91 Å². The Balaban J connectivity index is 2.49. The van der Waals surface area contributed by atoms with Crippen molar-refractivity contribution in [1.29, 1.82) is 0 Å². The molecule has 0 aliphatic carbocycles. The van der Waals surface area contributed by atoms with Crippen molar-refractivity contribution in [2.45, 2.75) is 33.2 Å². The van der Waals surface area contributed by atoms with E-state index in [9.17, 15) is 4.79 Å². The lowest BCUT2D eigenvalue weighted by molar-refractivity contribution is -0.122. The smallest absolute Gasteiger partial charge is 0.241 e. The van der Waals surface area contributed by atoms with Crippen LogP contribution in [0.5, 0.6) is 0 Å². The normalized spacial score (nSPS) is 12.5. The average molecular weight is 234 g/mol. The Hall–Kier alpha value is -1.35. The van der Waals surface area contributed by atoms with Crippen molar-refractivity contribution in [3.05, 3.63) is 35.4 Å². The summed E-state index contributed by atoms with van der Waals surface area (Å²) < 4.78 is 0. The van der Waals surface area contributed by atoms with Crippen molar-refractivity contribution in [3.63, 3.8) is 0 Å². The number of benzene rings is 1. The molecule has 1 aromatic rings. The number of hydrogen-bond donors (Lipinski definition) is 2. The van der Waals surface area contributed by atoms with Gasteiger partial charge in [-0.05, 0) is 24.8 Å². The van der Waals surface area contributed by atoms with Crippen LogP contribution in [0.4, 0.5) is 0 Å². The lowest BCUT2D eigenvalue weighted by Gasteiger charge is -2.13. The van der Waals surface area contributed by atoms with E-state index in [2.05, 4.69) is 19.2 Å². The van der Waals surface area contributed by atoms with Crippen LogP contribution in [0.25, 0.3) is 0 Å². The van der Waals surface area contributed by atoms with Gasteiger partial charge >= 0.3 is 0 Å². The van der Waals surface area contributed by atoms with Crippen LogP contribution in [0.3, 0.4) is 0 Å². The lowest BCUT2D eigenvalue weighted by atomic mass is 10.1. The van der Waals surface area contributed by atoms with E-state index in [4.69, 9.17) is 5.73 Å². The maximum absolute atomic E-state index is 11.8. The predicted molar refractivity (Wildman–Crippen MR) is 70.6 cm³/mol. The first kappa shape index (κ1) is 13.7. The van der Waals surface area contributed by atoms with Crippen molar-refractivity contribution in [2.75, 3.05) is 6.54 Å². The number of carbonyl (C=O) groups excluding carboxylic acids is 1. The summed E-state index contributed by atoms with van der Waals surface area (Å²) in [7, 11) is 0. The van der Waals surface area contributed by atoms with Gasteiger partial charge < -0.3 is 11.1 Å². The second kappa shape index (κ2) is 6.40. The molecular weight excluding hydrogens is 212 g/mol. The molecule has 0 bridgehead atoms. The number of carbonyl (C=O) groups is 1. The summed E-state index contributed by atoms with van der Waals surface area (Å²) >= 11 is 0. The van der Waals surface area contributed by atoms with Gasteiger partial charge in [-0.25, -0.2) is 0 Å². The first-order valence-corrected chi connectivity index (χ1v) is 6.10. The topological polar surface area (TPSA) is 55.1 Å². The van der Waals surface area contributed by atoms with Crippen LogP contribution in [0.2, 0.25) is 0 Å². The number of amides is 1. The van der Waals surface area contributed by atoms with Crippen molar-refractivity contribution >= 4 is 5.91 Å². The molecule has 1 rings (SSSR count). The molecule has 94 valence electrons. The molecule has 1 atom stereocenters. The van der Waals surface area contributed by atoms with E-state index in [1.165, 1.54) is 5.56 Å². The second-order valence-corrected chi connectivity index (χ2v) is 4.86. The van der Waals surface area contributed by atoms with Crippen molar-refractivity contribution < 1.29 is 4.79 Å². The molecule has 0 aliphatic heterocycles. The molecule has 0 heterocycles. The van der Waals surface area contributed by atoms with Crippen LogP contribution in [0.1, 0.15) is 37.4 Å². The maximum atomic E-state index is 11.8. The summed E-state index contributed by atoms with van der Waals surface area (Å²) in [5.74, 6) is 0.486. The SMILES string of the molecule is Cc1ccc(C(N)C(=O)NCCC(C)C)cc1. The third-order valence-corrected chi connectivity index (χ3v) is 2.74. The highest BCUT2D eigenvalue weighted by Gasteiger charge is 2.14. The van der Waals surface area contributed by atoms with Gasteiger partial charge in [-0.3, -0.25) is 4.79 Å². The second-order valence-electron chi connectivity index (χ2n) is 4.86. The molecule has 0 saturated heterocycles. The van der Waals surface area contributed by atoms with E-state index in [0.29, 0.717) is 12.5 Å². The molecule has 3 heteroatoms. The number of nitrogens with two attached hydrogens (primary N) is 1. The molecular formula is C14H22N2O. The number of nitrogens with one attached hydrogen (secondary N) is 1. The quantitative estimate of drug-likeness (QED) is 0.820. The summed E-state index contributed by atoms with van der Waals surface area (Å²) in [6, 6.07) is 7.18. The van der Waals surface area contributed by atoms with Gasteiger partial charge in [0, 0.05) is 6.54 Å². The van der Waals surface area contributed by atoms with Crippen molar-refractivity contribution in [1.82, 2.24) is 5.32 Å². The maximum Gasteiger partial charge on any atom is 0.241 e. The van der Waals surface area contributed by atoms with E-state index in [1.54, 1.807) is 0 Å². The highest BCUT2D eigenvalue weighted by atomic mass is 16.2. The molecule has 1 amide bonds. The van der Waals surface area contributed by atoms with Crippen molar-refractivity contribution in [2.24, 2.45) is 11.7 Å². The van der Waals surface area contributed by atoms with Gasteiger partial charge in [-0.2, -0.15) is 0 Å². The van der Waals surface area contributed by atoms with Gasteiger partial charge in [-0.15, -0.1) is 0 Å². The largest absolute Gasteiger partial charge is 0.354 e. The van der Waals surface area contributed by atoms with Gasteiger partial charge in [-0.1, -0.05) is 43.7 Å². The fourth-order valence-corrected chi connectivity index (χ4v) is 1.52. The van der Waals surface area contributed by atoms with E-state index in [0.717, 1.165) is 12.0 Å². The Bertz CT molecular complexity index is 357. The molecule has 3 N–H and O–H groups in total. The third-order valence-electron chi connectivity index (χ3n) is 2.74. The molecule has 3 nitrogen and oxygen atoms in total. The van der Waals surface area contributed by atoms with Crippen LogP contribution in [0, 0.1) is 12.8 Å². The highest BCUT2D eigenvalue weighted by molar-refractivity contribution is 5.82. The summed E-state index contributed by atoms with van der Waals surface area (Å²) in [5, 5.41) is 2.86. The van der Waals surface area contributed by atoms with E-state index < -0.39 is 6.04 Å². The van der Waals surface area contributed by atoms with Gasteiger partial charge in [0.05, 0.1) is 0 Å². The molecule has 0 fully saturated rings. The molecule has 0 aromatic heterocycles. The monoisotopic (exact) mass is 234 g/mol. The Kier molecular flexibility index (Phi) is 5.16. The van der Waals surface area contributed by atoms with Gasteiger partial charge in [0.15, 0.2) is 0 Å². The molecule has 0 spiro atoms. The number of hydrogen-bond acceptors (Lipinski definition) is 2. The first-order chi connectivity index (χ1) is 8.00. The third kappa shape index (κ3) is 4.57. The molecule has 17 heavy (non-hydrogen) atoms. The zero-order chi connectivity index (χ0) is 12.8. The Morgan fingerprint density at radius 3 is 2.41 bits per heavy atom. The Morgan fingerprint density at radius 2 is 1.88 bits per heavy atom. The van der Waals surface area contributed by atoms with E-state index >= 15 is 0 Å². The number of aryl methyl sites for hydroxylation is 1. The lowest BCUT2D eigenvalue weighted by Crippen LogP contribution is -2.35. The fraction of sp³-hybridized carbons (Fsp3) is 0.500. The minimum Gasteiger partial charge on any atom is -0.354 e. The highest BCUT2D eigenvalue weighted by Crippen LogP contribution is 2.11. The van der Waals surface area contributed by atoms with Crippen LogP contribution in [0.15, 0.2) is 24.3 Å². The van der Waals surface area contributed by atoms with Crippen LogP contribution in [-0.4, -0.2) is 12.5 Å². The zero-order valence-electron chi connectivity index (χ0n) is 10.9. The zero-order valence-corrected chi connectivity index (χ0v) is 10.9. The Morgan fingerprint density at radius 1 is 1.29 bits per heavy atom. The molecule has 1 unspecified atom stereocenters. The predicted octanol–water partition coefficient (Wildman–Crippen LogP) is 2.16. The van der Waals surface area contributed by atoms with Gasteiger partial charge in [0.1, 0.15) is 6.04 Å². The summed E-state index contributed by atoms with van der Waals surface area (Å²) in [4.78, 5) is 11.8. The van der Waals surface area contributed by atoms with Gasteiger partial charge in [0.2, 0.25) is 5.91 Å². The number of rotatable bonds is 5. The van der Waals surface area contributed by atoms with Crippen LogP contribution in [-0.2, 0) is 4.79 Å². The average Bonchev–Trinajstić information content (AvgIpc) is 2.28. The van der Waals surface area contributed by atoms with Crippen LogP contribution < -0.4 is 11.1 Å². The fourth-order valence-electron chi connectivity index (χ4n) is 1.52. The standard InChI is InChI=1S/C14H22N2O/c1-10(2)8-9-16-14(17)13(15)12-6-4-11(3)5-7-12/h4-7,10,13H,8-9,15H2,1-3H3,(H,16,17).